The third-order valence-corrected chi connectivity index (χ3v) is 3.10. The Labute approximate surface area is 114 Å². The Hall–Kier alpha value is -1.90. The van der Waals surface area contributed by atoms with E-state index < -0.39 is 0 Å². The first-order valence-corrected chi connectivity index (χ1v) is 6.59. The van der Waals surface area contributed by atoms with E-state index in [1.54, 1.807) is 0 Å². The summed E-state index contributed by atoms with van der Waals surface area (Å²) >= 11 is 0. The Morgan fingerprint density at radius 3 is 2.37 bits per heavy atom. The largest absolute Gasteiger partial charge is 0.473 e. The van der Waals surface area contributed by atoms with Gasteiger partial charge in [-0.3, -0.25) is 0 Å². The van der Waals surface area contributed by atoms with Crippen LogP contribution in [-0.4, -0.2) is 9.97 Å². The first-order chi connectivity index (χ1) is 9.08. The van der Waals surface area contributed by atoms with Crippen LogP contribution >= 0.6 is 0 Å². The lowest BCUT2D eigenvalue weighted by molar-refractivity contribution is 0.289. The number of hydrogen-bond donors (Lipinski definition) is 0. The Kier molecular flexibility index (Phi) is 4.15. The topological polar surface area (TPSA) is 35.0 Å². The number of hydrogen-bond acceptors (Lipinski definition) is 3. The van der Waals surface area contributed by atoms with Gasteiger partial charge in [0.1, 0.15) is 12.4 Å². The Balaban J connectivity index is 2.20. The van der Waals surface area contributed by atoms with Gasteiger partial charge in [0.05, 0.1) is 0 Å². The first-order valence-electron chi connectivity index (χ1n) is 6.59. The van der Waals surface area contributed by atoms with Gasteiger partial charge in [-0.1, -0.05) is 44.2 Å². The van der Waals surface area contributed by atoms with Crippen LogP contribution in [0.1, 0.15) is 42.4 Å². The molecule has 0 N–H and O–H groups in total. The quantitative estimate of drug-likeness (QED) is 0.834. The zero-order valence-corrected chi connectivity index (χ0v) is 12.0. The van der Waals surface area contributed by atoms with E-state index >= 15 is 0 Å². The number of aryl methyl sites for hydroxylation is 1. The smallest absolute Gasteiger partial charge is 0.220 e. The third-order valence-electron chi connectivity index (χ3n) is 3.10. The van der Waals surface area contributed by atoms with Crippen LogP contribution in [0.3, 0.4) is 0 Å². The van der Waals surface area contributed by atoms with Crippen molar-refractivity contribution in [2.45, 2.75) is 40.2 Å². The van der Waals surface area contributed by atoms with Crippen LogP contribution in [0, 0.1) is 13.8 Å². The van der Waals surface area contributed by atoms with E-state index in [9.17, 15) is 0 Å². The first kappa shape index (κ1) is 13.5. The summed E-state index contributed by atoms with van der Waals surface area (Å²) in [5, 5.41) is 0. The highest BCUT2D eigenvalue weighted by atomic mass is 16.5. The van der Waals surface area contributed by atoms with Gasteiger partial charge in [-0.25, -0.2) is 4.98 Å². The average molecular weight is 256 g/mol. The molecule has 19 heavy (non-hydrogen) atoms. The minimum atomic E-state index is 0.304. The molecule has 0 fully saturated rings. The average Bonchev–Trinajstić information content (AvgIpc) is 2.41. The Bertz CT molecular complexity index is 550. The van der Waals surface area contributed by atoms with Crippen LogP contribution < -0.4 is 4.74 Å². The van der Waals surface area contributed by atoms with Crippen LogP contribution in [0.4, 0.5) is 0 Å². The van der Waals surface area contributed by atoms with E-state index in [1.165, 1.54) is 0 Å². The lowest BCUT2D eigenvalue weighted by atomic mass is 10.2. The van der Waals surface area contributed by atoms with Gasteiger partial charge in [0.15, 0.2) is 0 Å². The molecule has 1 aromatic heterocycles. The van der Waals surface area contributed by atoms with Crippen molar-refractivity contribution in [3.05, 3.63) is 53.0 Å². The number of ether oxygens (including phenoxy) is 1. The summed E-state index contributed by atoms with van der Waals surface area (Å²) in [6, 6.07) is 10.1. The molecule has 100 valence electrons. The molecule has 0 aliphatic carbocycles. The molecule has 0 radical (unpaired) electrons. The van der Waals surface area contributed by atoms with E-state index in [4.69, 9.17) is 4.74 Å². The standard InChI is InChI=1S/C16H20N2O/c1-11(2)15-17-13(4)12(3)16(18-15)19-10-14-8-6-5-7-9-14/h5-9,11H,10H2,1-4H3. The number of rotatable bonds is 4. The molecule has 2 aromatic rings. The van der Waals surface area contributed by atoms with E-state index in [0.717, 1.165) is 22.6 Å². The van der Waals surface area contributed by atoms with Gasteiger partial charge in [0.2, 0.25) is 5.88 Å². The Morgan fingerprint density at radius 1 is 1.05 bits per heavy atom. The van der Waals surface area contributed by atoms with Gasteiger partial charge in [-0.15, -0.1) is 0 Å². The zero-order chi connectivity index (χ0) is 13.8. The van der Waals surface area contributed by atoms with Crippen molar-refractivity contribution in [2.24, 2.45) is 0 Å². The van der Waals surface area contributed by atoms with Crippen molar-refractivity contribution >= 4 is 0 Å². The highest BCUT2D eigenvalue weighted by molar-refractivity contribution is 5.29. The molecule has 0 amide bonds. The summed E-state index contributed by atoms with van der Waals surface area (Å²) in [5.41, 5.74) is 3.14. The van der Waals surface area contributed by atoms with Crippen LogP contribution in [-0.2, 0) is 6.61 Å². The van der Waals surface area contributed by atoms with E-state index in [2.05, 4.69) is 23.8 Å². The number of benzene rings is 1. The summed E-state index contributed by atoms with van der Waals surface area (Å²) < 4.78 is 5.84. The van der Waals surface area contributed by atoms with Crippen LogP contribution in [0.25, 0.3) is 0 Å². The number of aromatic nitrogens is 2. The minimum absolute atomic E-state index is 0.304. The molecule has 0 aliphatic heterocycles. The molecule has 0 aliphatic rings. The molecule has 0 spiro atoms. The molecule has 1 aromatic carbocycles. The maximum atomic E-state index is 5.84. The van der Waals surface area contributed by atoms with Crippen LogP contribution in [0.2, 0.25) is 0 Å². The second-order valence-electron chi connectivity index (χ2n) is 5.03. The fraction of sp³-hybridized carbons (Fsp3) is 0.375. The second-order valence-corrected chi connectivity index (χ2v) is 5.03. The van der Waals surface area contributed by atoms with E-state index in [-0.39, 0.29) is 0 Å². The Morgan fingerprint density at radius 2 is 1.74 bits per heavy atom. The van der Waals surface area contributed by atoms with Gasteiger partial charge in [0, 0.05) is 17.2 Å². The van der Waals surface area contributed by atoms with Crippen LogP contribution in [0.5, 0.6) is 5.88 Å². The van der Waals surface area contributed by atoms with Crippen molar-refractivity contribution in [1.29, 1.82) is 0 Å². The predicted molar refractivity (Wildman–Crippen MR) is 76.4 cm³/mol. The summed E-state index contributed by atoms with van der Waals surface area (Å²) in [4.78, 5) is 9.01. The molecule has 0 bridgehead atoms. The van der Waals surface area contributed by atoms with Crippen LogP contribution in [0.15, 0.2) is 30.3 Å². The normalized spacial score (nSPS) is 10.8. The molecule has 0 atom stereocenters. The third kappa shape index (κ3) is 3.31. The van der Waals surface area contributed by atoms with Crippen molar-refractivity contribution in [2.75, 3.05) is 0 Å². The van der Waals surface area contributed by atoms with Crippen molar-refractivity contribution in [1.82, 2.24) is 9.97 Å². The SMILES string of the molecule is Cc1nc(C(C)C)nc(OCc2ccccc2)c1C. The van der Waals surface area contributed by atoms with Crippen molar-refractivity contribution < 1.29 is 4.74 Å². The van der Waals surface area contributed by atoms with Crippen molar-refractivity contribution in [3.8, 4) is 5.88 Å². The summed E-state index contributed by atoms with van der Waals surface area (Å²) in [7, 11) is 0. The molecule has 0 saturated carbocycles. The molecule has 1 heterocycles. The van der Waals surface area contributed by atoms with Gasteiger partial charge in [-0.05, 0) is 19.4 Å². The monoisotopic (exact) mass is 256 g/mol. The lowest BCUT2D eigenvalue weighted by Crippen LogP contribution is -2.06. The van der Waals surface area contributed by atoms with Gasteiger partial charge in [-0.2, -0.15) is 4.98 Å². The fourth-order valence-corrected chi connectivity index (χ4v) is 1.75. The van der Waals surface area contributed by atoms with Gasteiger partial charge >= 0.3 is 0 Å². The molecule has 0 saturated heterocycles. The molecular weight excluding hydrogens is 236 g/mol. The number of nitrogens with zero attached hydrogens (tertiary/aromatic N) is 2. The highest BCUT2D eigenvalue weighted by Crippen LogP contribution is 2.21. The maximum absolute atomic E-state index is 5.84. The van der Waals surface area contributed by atoms with Gasteiger partial charge in [0.25, 0.3) is 0 Å². The summed E-state index contributed by atoms with van der Waals surface area (Å²) in [5.74, 6) is 1.84. The van der Waals surface area contributed by atoms with E-state index in [1.807, 2.05) is 44.2 Å². The van der Waals surface area contributed by atoms with E-state index in [0.29, 0.717) is 18.4 Å². The zero-order valence-electron chi connectivity index (χ0n) is 12.0. The second kappa shape index (κ2) is 5.83. The molecule has 3 nitrogen and oxygen atoms in total. The fourth-order valence-electron chi connectivity index (χ4n) is 1.75. The predicted octanol–water partition coefficient (Wildman–Crippen LogP) is 3.80. The molecule has 0 unspecified atom stereocenters. The summed E-state index contributed by atoms with van der Waals surface area (Å²) in [6.07, 6.45) is 0. The minimum Gasteiger partial charge on any atom is -0.473 e. The molecular formula is C16H20N2O. The van der Waals surface area contributed by atoms with Gasteiger partial charge < -0.3 is 4.74 Å². The summed E-state index contributed by atoms with van der Waals surface area (Å²) in [6.45, 7) is 8.71. The molecule has 2 rings (SSSR count). The highest BCUT2D eigenvalue weighted by Gasteiger charge is 2.11. The maximum Gasteiger partial charge on any atom is 0.220 e. The molecule has 3 heteroatoms. The van der Waals surface area contributed by atoms with Crippen molar-refractivity contribution in [3.63, 3.8) is 0 Å². The lowest BCUT2D eigenvalue weighted by Gasteiger charge is -2.13.